The van der Waals surface area contributed by atoms with E-state index in [1.165, 1.54) is 49.7 Å². The summed E-state index contributed by atoms with van der Waals surface area (Å²) in [6, 6.07) is 1.08. The number of nitrogens with two attached hydrogens (primary N) is 1. The maximum absolute atomic E-state index is 10.4. The van der Waals surface area contributed by atoms with Gasteiger partial charge < -0.3 is 15.3 Å². The maximum atomic E-state index is 10.4. The zero-order valence-electron chi connectivity index (χ0n) is 14.4. The van der Waals surface area contributed by atoms with E-state index >= 15 is 0 Å². The van der Waals surface area contributed by atoms with Crippen LogP contribution in [0.3, 0.4) is 0 Å². The molecule has 21 heavy (non-hydrogen) atoms. The summed E-state index contributed by atoms with van der Waals surface area (Å²) in [5.74, 6) is 1.17. The zero-order valence-corrected chi connectivity index (χ0v) is 14.4. The number of hydrogen-bond acceptors (Lipinski definition) is 2. The molecule has 1 aliphatic heterocycles. The lowest BCUT2D eigenvalue weighted by atomic mass is 9.85. The highest BCUT2D eigenvalue weighted by atomic mass is 16.3. The highest BCUT2D eigenvalue weighted by Gasteiger charge is 2.46. The van der Waals surface area contributed by atoms with Crippen LogP contribution in [-0.4, -0.2) is 47.4 Å². The number of piperidine rings is 1. The monoisotopic (exact) mass is 297 g/mol. The Kier molecular flexibility index (Phi) is 6.10. The molecule has 0 aromatic rings. The van der Waals surface area contributed by atoms with E-state index in [9.17, 15) is 5.11 Å². The van der Waals surface area contributed by atoms with Crippen LogP contribution in [0.2, 0.25) is 0 Å². The highest BCUT2D eigenvalue weighted by molar-refractivity contribution is 4.82. The van der Waals surface area contributed by atoms with Gasteiger partial charge in [-0.2, -0.15) is 0 Å². The maximum Gasteiger partial charge on any atom is 0.0942 e. The number of likely N-dealkylation sites (tertiary alicyclic amines) is 1. The van der Waals surface area contributed by atoms with Crippen molar-refractivity contribution in [3.63, 3.8) is 0 Å². The second-order valence-corrected chi connectivity index (χ2v) is 8.16. The SMILES string of the molecule is CCC(O)C1CC(N)C[N+](CCC(C)C)(C2CCCC2)C1. The van der Waals surface area contributed by atoms with Gasteiger partial charge in [-0.1, -0.05) is 20.8 Å². The number of nitrogens with zero attached hydrogens (tertiary/aromatic N) is 1. The van der Waals surface area contributed by atoms with Crippen LogP contribution in [0, 0.1) is 11.8 Å². The topological polar surface area (TPSA) is 46.2 Å². The number of aliphatic hydroxyl groups is 1. The summed E-state index contributed by atoms with van der Waals surface area (Å²) in [6.07, 6.45) is 8.55. The first-order chi connectivity index (χ1) is 9.97. The Balaban J connectivity index is 2.15. The third-order valence-electron chi connectivity index (χ3n) is 6.02. The van der Waals surface area contributed by atoms with Crippen LogP contribution < -0.4 is 5.73 Å². The molecule has 4 atom stereocenters. The van der Waals surface area contributed by atoms with Crippen molar-refractivity contribution in [2.24, 2.45) is 17.6 Å². The Morgan fingerprint density at radius 3 is 2.43 bits per heavy atom. The summed E-state index contributed by atoms with van der Waals surface area (Å²) < 4.78 is 1.21. The van der Waals surface area contributed by atoms with E-state index in [0.29, 0.717) is 5.92 Å². The summed E-state index contributed by atoms with van der Waals surface area (Å²) in [4.78, 5) is 0. The van der Waals surface area contributed by atoms with Crippen molar-refractivity contribution in [1.82, 2.24) is 0 Å². The van der Waals surface area contributed by atoms with Gasteiger partial charge in [0.15, 0.2) is 0 Å². The van der Waals surface area contributed by atoms with E-state index in [1.807, 2.05) is 0 Å². The standard InChI is InChI=1S/C18H37N2O/c1-4-18(21)15-11-16(19)13-20(12-15,10-9-14(2)3)17-7-5-6-8-17/h14-18,21H,4-13,19H2,1-3H3/q+1. The van der Waals surface area contributed by atoms with E-state index in [-0.39, 0.29) is 12.1 Å². The largest absolute Gasteiger partial charge is 0.393 e. The summed E-state index contributed by atoms with van der Waals surface area (Å²) in [5, 5.41) is 10.4. The van der Waals surface area contributed by atoms with Gasteiger partial charge in [0.25, 0.3) is 0 Å². The van der Waals surface area contributed by atoms with E-state index in [1.54, 1.807) is 0 Å². The van der Waals surface area contributed by atoms with Crippen LogP contribution in [0.15, 0.2) is 0 Å². The fourth-order valence-electron chi connectivity index (χ4n) is 4.79. The molecule has 3 N–H and O–H groups in total. The average Bonchev–Trinajstić information content (AvgIpc) is 2.98. The summed E-state index contributed by atoms with van der Waals surface area (Å²) >= 11 is 0. The molecule has 1 heterocycles. The minimum Gasteiger partial charge on any atom is -0.393 e. The lowest BCUT2D eigenvalue weighted by Gasteiger charge is -2.51. The van der Waals surface area contributed by atoms with Crippen LogP contribution in [0.4, 0.5) is 0 Å². The van der Waals surface area contributed by atoms with E-state index in [4.69, 9.17) is 5.73 Å². The molecule has 3 heteroatoms. The minimum absolute atomic E-state index is 0.158. The second-order valence-electron chi connectivity index (χ2n) is 8.16. The van der Waals surface area contributed by atoms with E-state index in [0.717, 1.165) is 31.3 Å². The normalized spacial score (nSPS) is 36.3. The van der Waals surface area contributed by atoms with Gasteiger partial charge in [-0.05, 0) is 50.9 Å². The van der Waals surface area contributed by atoms with Gasteiger partial charge in [0.1, 0.15) is 0 Å². The summed E-state index contributed by atoms with van der Waals surface area (Å²) in [6.45, 7) is 10.3. The van der Waals surface area contributed by atoms with Gasteiger partial charge in [0.2, 0.25) is 0 Å². The minimum atomic E-state index is -0.158. The molecule has 2 rings (SSSR count). The van der Waals surface area contributed by atoms with Crippen molar-refractivity contribution < 1.29 is 9.59 Å². The lowest BCUT2D eigenvalue weighted by molar-refractivity contribution is -0.959. The number of hydrogen-bond donors (Lipinski definition) is 2. The molecular formula is C18H37N2O+. The first kappa shape index (κ1) is 17.2. The summed E-state index contributed by atoms with van der Waals surface area (Å²) in [7, 11) is 0. The average molecular weight is 298 g/mol. The molecule has 3 nitrogen and oxygen atoms in total. The van der Waals surface area contributed by atoms with Crippen molar-refractivity contribution in [3.8, 4) is 0 Å². The summed E-state index contributed by atoms with van der Waals surface area (Å²) in [5.41, 5.74) is 6.44. The molecule has 1 aliphatic carbocycles. The smallest absolute Gasteiger partial charge is 0.0942 e. The molecule has 2 aliphatic rings. The van der Waals surface area contributed by atoms with Crippen LogP contribution in [0.1, 0.15) is 65.7 Å². The highest BCUT2D eigenvalue weighted by Crippen LogP contribution is 2.36. The Labute approximate surface area is 131 Å². The third-order valence-corrected chi connectivity index (χ3v) is 6.02. The molecule has 4 unspecified atom stereocenters. The van der Waals surface area contributed by atoms with Crippen molar-refractivity contribution in [1.29, 1.82) is 0 Å². The first-order valence-electron chi connectivity index (χ1n) is 9.26. The Hall–Kier alpha value is -0.120. The zero-order chi connectivity index (χ0) is 15.5. The van der Waals surface area contributed by atoms with Gasteiger partial charge >= 0.3 is 0 Å². The molecular weight excluding hydrogens is 260 g/mol. The molecule has 0 spiro atoms. The van der Waals surface area contributed by atoms with E-state index in [2.05, 4.69) is 20.8 Å². The van der Waals surface area contributed by atoms with Gasteiger partial charge in [0.05, 0.1) is 37.8 Å². The molecule has 124 valence electrons. The van der Waals surface area contributed by atoms with Gasteiger partial charge in [0, 0.05) is 5.92 Å². The quantitative estimate of drug-likeness (QED) is 0.741. The first-order valence-corrected chi connectivity index (χ1v) is 9.26. The van der Waals surface area contributed by atoms with Crippen LogP contribution in [0.25, 0.3) is 0 Å². The number of quaternary nitrogens is 1. The van der Waals surface area contributed by atoms with Crippen molar-refractivity contribution in [2.75, 3.05) is 19.6 Å². The predicted octanol–water partition coefficient (Wildman–Crippen LogP) is 2.91. The number of rotatable bonds is 6. The van der Waals surface area contributed by atoms with Crippen LogP contribution in [0.5, 0.6) is 0 Å². The van der Waals surface area contributed by atoms with Gasteiger partial charge in [-0.25, -0.2) is 0 Å². The van der Waals surface area contributed by atoms with Crippen LogP contribution in [-0.2, 0) is 0 Å². The van der Waals surface area contributed by atoms with Crippen molar-refractivity contribution in [3.05, 3.63) is 0 Å². The molecule has 0 aromatic carbocycles. The molecule has 0 amide bonds. The third kappa shape index (κ3) is 4.20. The van der Waals surface area contributed by atoms with Crippen molar-refractivity contribution in [2.45, 2.75) is 83.9 Å². The molecule has 2 fully saturated rings. The fraction of sp³-hybridized carbons (Fsp3) is 1.00. The molecule has 0 aromatic heterocycles. The lowest BCUT2D eigenvalue weighted by Crippen LogP contribution is -2.66. The fourth-order valence-corrected chi connectivity index (χ4v) is 4.79. The Morgan fingerprint density at radius 1 is 1.19 bits per heavy atom. The van der Waals surface area contributed by atoms with Gasteiger partial charge in [-0.15, -0.1) is 0 Å². The molecule has 1 saturated heterocycles. The number of aliphatic hydroxyl groups excluding tert-OH is 1. The van der Waals surface area contributed by atoms with E-state index < -0.39 is 0 Å². The van der Waals surface area contributed by atoms with Crippen molar-refractivity contribution >= 4 is 0 Å². The molecule has 0 bridgehead atoms. The second kappa shape index (κ2) is 7.43. The molecule has 0 radical (unpaired) electrons. The molecule has 1 saturated carbocycles. The van der Waals surface area contributed by atoms with Crippen LogP contribution >= 0.6 is 0 Å². The Morgan fingerprint density at radius 2 is 1.86 bits per heavy atom. The van der Waals surface area contributed by atoms with Gasteiger partial charge in [-0.3, -0.25) is 0 Å². The Bertz CT molecular complexity index is 314. The predicted molar refractivity (Wildman–Crippen MR) is 89.0 cm³/mol.